The van der Waals surface area contributed by atoms with Gasteiger partial charge in [-0.15, -0.1) is 0 Å². The highest BCUT2D eigenvalue weighted by Crippen LogP contribution is 2.30. The topological polar surface area (TPSA) is 54.0 Å². The Kier molecular flexibility index (Phi) is 5.88. The Labute approximate surface area is 169 Å². The standard InChI is InChI=1S/C18H13Cl2N3OS2/c1-10-8-15-14(9-13(10)20)21-18(26-15)23-17(25)22-16(24)7-4-11-2-5-12(19)6-3-11/h2-9H,1H3,(H2,21,22,23,24,25). The number of halogens is 2. The van der Waals surface area contributed by atoms with Crippen molar-refractivity contribution in [2.24, 2.45) is 0 Å². The van der Waals surface area contributed by atoms with E-state index < -0.39 is 0 Å². The number of carbonyl (C=O) groups excluding carboxylic acids is 1. The van der Waals surface area contributed by atoms with Gasteiger partial charge in [0.15, 0.2) is 10.2 Å². The molecule has 1 aromatic heterocycles. The summed E-state index contributed by atoms with van der Waals surface area (Å²) in [6, 6.07) is 10.9. The molecule has 26 heavy (non-hydrogen) atoms. The molecule has 3 rings (SSSR count). The second-order valence-electron chi connectivity index (χ2n) is 5.42. The number of nitrogens with one attached hydrogen (secondary N) is 2. The van der Waals surface area contributed by atoms with Gasteiger partial charge in [-0.2, -0.15) is 0 Å². The Hall–Kier alpha value is -1.99. The summed E-state index contributed by atoms with van der Waals surface area (Å²) < 4.78 is 0.992. The predicted molar refractivity (Wildman–Crippen MR) is 114 cm³/mol. The summed E-state index contributed by atoms with van der Waals surface area (Å²) in [5.74, 6) is -0.336. The van der Waals surface area contributed by atoms with Crippen LogP contribution in [0.15, 0.2) is 42.5 Å². The zero-order chi connectivity index (χ0) is 18.7. The molecule has 0 radical (unpaired) electrons. The summed E-state index contributed by atoms with van der Waals surface area (Å²) in [6.45, 7) is 1.94. The van der Waals surface area contributed by atoms with Crippen LogP contribution in [0.4, 0.5) is 5.13 Å². The van der Waals surface area contributed by atoms with Gasteiger partial charge in [0.2, 0.25) is 5.91 Å². The van der Waals surface area contributed by atoms with Gasteiger partial charge in [0.05, 0.1) is 10.2 Å². The zero-order valence-electron chi connectivity index (χ0n) is 13.5. The first-order valence-electron chi connectivity index (χ1n) is 7.53. The van der Waals surface area contributed by atoms with Crippen molar-refractivity contribution in [1.29, 1.82) is 0 Å². The number of hydrogen-bond acceptors (Lipinski definition) is 4. The summed E-state index contributed by atoms with van der Waals surface area (Å²) >= 11 is 18.5. The smallest absolute Gasteiger partial charge is 0.250 e. The summed E-state index contributed by atoms with van der Waals surface area (Å²) in [5.41, 5.74) is 2.63. The monoisotopic (exact) mass is 421 g/mol. The molecule has 1 heterocycles. The molecule has 0 fully saturated rings. The maximum Gasteiger partial charge on any atom is 0.250 e. The largest absolute Gasteiger partial charge is 0.308 e. The van der Waals surface area contributed by atoms with Crippen LogP contribution in [0.1, 0.15) is 11.1 Å². The van der Waals surface area contributed by atoms with E-state index in [-0.39, 0.29) is 11.0 Å². The number of aromatic nitrogens is 1. The summed E-state index contributed by atoms with van der Waals surface area (Å²) in [6.07, 6.45) is 3.08. The fourth-order valence-corrected chi connectivity index (χ4v) is 3.63. The maximum absolute atomic E-state index is 12.0. The van der Waals surface area contributed by atoms with Gasteiger partial charge in [0, 0.05) is 16.1 Å². The van der Waals surface area contributed by atoms with Gasteiger partial charge in [-0.1, -0.05) is 46.7 Å². The Bertz CT molecular complexity index is 974. The van der Waals surface area contributed by atoms with Gasteiger partial charge in [0.25, 0.3) is 0 Å². The average Bonchev–Trinajstić information content (AvgIpc) is 2.95. The second-order valence-corrected chi connectivity index (χ2v) is 7.70. The molecule has 4 nitrogen and oxygen atoms in total. The lowest BCUT2D eigenvalue weighted by molar-refractivity contribution is -0.115. The molecule has 0 saturated carbocycles. The molecule has 3 aromatic rings. The van der Waals surface area contributed by atoms with Crippen LogP contribution < -0.4 is 10.6 Å². The number of anilines is 1. The van der Waals surface area contributed by atoms with Crippen LogP contribution in [0.2, 0.25) is 10.0 Å². The maximum atomic E-state index is 12.0. The normalized spacial score (nSPS) is 11.0. The minimum Gasteiger partial charge on any atom is -0.308 e. The van der Waals surface area contributed by atoms with Crippen molar-refractivity contribution in [2.45, 2.75) is 6.92 Å². The molecule has 0 bridgehead atoms. The third-order valence-electron chi connectivity index (χ3n) is 3.42. The number of hydrogen-bond donors (Lipinski definition) is 2. The number of carbonyl (C=O) groups is 1. The minimum atomic E-state index is -0.336. The van der Waals surface area contributed by atoms with Crippen LogP contribution in [0.25, 0.3) is 16.3 Å². The first-order valence-corrected chi connectivity index (χ1v) is 9.51. The summed E-state index contributed by atoms with van der Waals surface area (Å²) in [4.78, 5) is 16.4. The van der Waals surface area contributed by atoms with Gasteiger partial charge in [-0.25, -0.2) is 4.98 Å². The molecular formula is C18H13Cl2N3OS2. The average molecular weight is 422 g/mol. The number of rotatable bonds is 3. The lowest BCUT2D eigenvalue weighted by Gasteiger charge is -2.04. The first kappa shape index (κ1) is 18.8. The highest BCUT2D eigenvalue weighted by molar-refractivity contribution is 7.80. The van der Waals surface area contributed by atoms with Crippen LogP contribution in [0, 0.1) is 6.92 Å². The van der Waals surface area contributed by atoms with Crippen molar-refractivity contribution in [3.8, 4) is 0 Å². The molecule has 0 aliphatic rings. The van der Waals surface area contributed by atoms with E-state index in [1.54, 1.807) is 18.2 Å². The first-order chi connectivity index (χ1) is 12.4. The van der Waals surface area contributed by atoms with Gasteiger partial charge >= 0.3 is 0 Å². The third kappa shape index (κ3) is 4.80. The quantitative estimate of drug-likeness (QED) is 0.436. The van der Waals surface area contributed by atoms with E-state index in [0.29, 0.717) is 15.2 Å². The van der Waals surface area contributed by atoms with Crippen molar-refractivity contribution in [2.75, 3.05) is 5.32 Å². The molecule has 0 aliphatic heterocycles. The molecule has 0 unspecified atom stereocenters. The number of thiocarbonyl (C=S) groups is 1. The van der Waals surface area contributed by atoms with Crippen molar-refractivity contribution in [1.82, 2.24) is 10.3 Å². The number of aryl methyl sites for hydroxylation is 1. The fraction of sp³-hybridized carbons (Fsp3) is 0.0556. The minimum absolute atomic E-state index is 0.178. The van der Waals surface area contributed by atoms with Crippen LogP contribution in [-0.2, 0) is 4.79 Å². The highest BCUT2D eigenvalue weighted by atomic mass is 35.5. The van der Waals surface area contributed by atoms with E-state index in [1.807, 2.05) is 31.2 Å². The number of benzene rings is 2. The molecular weight excluding hydrogens is 409 g/mol. The SMILES string of the molecule is Cc1cc2sc(NC(=S)NC(=O)C=Cc3ccc(Cl)cc3)nc2cc1Cl. The molecule has 8 heteroatoms. The van der Waals surface area contributed by atoms with Gasteiger partial charge in [-0.05, 0) is 60.6 Å². The molecule has 0 spiro atoms. The lowest BCUT2D eigenvalue weighted by Crippen LogP contribution is -2.32. The molecule has 0 saturated heterocycles. The predicted octanol–water partition coefficient (Wildman–Crippen LogP) is 5.44. The van der Waals surface area contributed by atoms with E-state index in [1.165, 1.54) is 17.4 Å². The Morgan fingerprint density at radius 1 is 1.23 bits per heavy atom. The Morgan fingerprint density at radius 3 is 2.69 bits per heavy atom. The van der Waals surface area contributed by atoms with Crippen LogP contribution in [-0.4, -0.2) is 16.0 Å². The molecule has 2 aromatic carbocycles. The molecule has 2 N–H and O–H groups in total. The van der Waals surface area contributed by atoms with Gasteiger partial charge < -0.3 is 5.32 Å². The summed E-state index contributed by atoms with van der Waals surface area (Å²) in [5, 5.41) is 7.58. The van der Waals surface area contributed by atoms with Gasteiger partial charge in [0.1, 0.15) is 0 Å². The molecule has 0 atom stereocenters. The van der Waals surface area contributed by atoms with E-state index >= 15 is 0 Å². The van der Waals surface area contributed by atoms with Crippen LogP contribution in [0.5, 0.6) is 0 Å². The van der Waals surface area contributed by atoms with E-state index in [2.05, 4.69) is 15.6 Å². The second kappa shape index (κ2) is 8.14. The molecule has 1 amide bonds. The number of thiazole rings is 1. The molecule has 132 valence electrons. The fourth-order valence-electron chi connectivity index (χ4n) is 2.13. The van der Waals surface area contributed by atoms with Crippen LogP contribution in [0.3, 0.4) is 0 Å². The third-order valence-corrected chi connectivity index (χ3v) is 5.22. The lowest BCUT2D eigenvalue weighted by atomic mass is 10.2. The Balaban J connectivity index is 1.61. The van der Waals surface area contributed by atoms with Crippen molar-refractivity contribution >= 4 is 79.2 Å². The van der Waals surface area contributed by atoms with Crippen molar-refractivity contribution < 1.29 is 4.79 Å². The van der Waals surface area contributed by atoms with E-state index in [4.69, 9.17) is 35.4 Å². The van der Waals surface area contributed by atoms with E-state index in [0.717, 1.165) is 21.3 Å². The van der Waals surface area contributed by atoms with Crippen LogP contribution >= 0.6 is 46.8 Å². The zero-order valence-corrected chi connectivity index (χ0v) is 16.7. The van der Waals surface area contributed by atoms with Gasteiger partial charge in [-0.3, -0.25) is 10.1 Å². The van der Waals surface area contributed by atoms with Crippen molar-refractivity contribution in [3.05, 3.63) is 63.6 Å². The van der Waals surface area contributed by atoms with E-state index in [9.17, 15) is 4.79 Å². The Morgan fingerprint density at radius 2 is 1.96 bits per heavy atom. The molecule has 0 aliphatic carbocycles. The number of nitrogens with zero attached hydrogens (tertiary/aromatic N) is 1. The highest BCUT2D eigenvalue weighted by Gasteiger charge is 2.09. The van der Waals surface area contributed by atoms with Crippen molar-refractivity contribution in [3.63, 3.8) is 0 Å². The number of fused-ring (bicyclic) bond motifs is 1. The summed E-state index contributed by atoms with van der Waals surface area (Å²) in [7, 11) is 0. The number of amides is 1.